The third-order valence-corrected chi connectivity index (χ3v) is 1.72. The largest absolute Gasteiger partial charge is 0.465 e. The molecule has 0 aromatic carbocycles. The van der Waals surface area contributed by atoms with Crippen molar-refractivity contribution in [1.82, 2.24) is 0 Å². The van der Waals surface area contributed by atoms with E-state index in [0.717, 1.165) is 6.42 Å². The molecule has 0 amide bonds. The van der Waals surface area contributed by atoms with Crippen molar-refractivity contribution < 1.29 is 19.1 Å². The van der Waals surface area contributed by atoms with Gasteiger partial charge in [0.05, 0.1) is 13.2 Å². The number of carbonyl (C=O) groups excluding carboxylic acids is 2. The van der Waals surface area contributed by atoms with E-state index in [0.29, 0.717) is 19.6 Å². The topological polar surface area (TPSA) is 52.6 Å². The monoisotopic (exact) mass is 228 g/mol. The van der Waals surface area contributed by atoms with Gasteiger partial charge in [-0.25, -0.2) is 0 Å². The normalized spacial score (nSPS) is 9.33. The second-order valence-corrected chi connectivity index (χ2v) is 2.85. The summed E-state index contributed by atoms with van der Waals surface area (Å²) in [6.07, 6.45) is 1.24. The molecule has 5 heteroatoms. The molecular formula is C10H20MgO4. The summed E-state index contributed by atoms with van der Waals surface area (Å²) >= 11 is 0. The summed E-state index contributed by atoms with van der Waals surface area (Å²) < 4.78 is 9.57. The minimum atomic E-state index is -0.750. The molecule has 0 aromatic heterocycles. The predicted molar refractivity (Wildman–Crippen MR) is 60.2 cm³/mol. The molecule has 0 unspecified atom stereocenters. The maximum Gasteiger partial charge on any atom is 0.320 e. The Hall–Kier alpha value is -0.294. The van der Waals surface area contributed by atoms with Crippen LogP contribution in [0.1, 0.15) is 33.6 Å². The zero-order valence-corrected chi connectivity index (χ0v) is 9.04. The van der Waals surface area contributed by atoms with Crippen LogP contribution in [0, 0.1) is 5.92 Å². The molecule has 0 heterocycles. The Kier molecular flexibility index (Phi) is 11.7. The summed E-state index contributed by atoms with van der Waals surface area (Å²) in [7, 11) is 0. The molecule has 0 atom stereocenters. The summed E-state index contributed by atoms with van der Waals surface area (Å²) in [6, 6.07) is 0. The minimum Gasteiger partial charge on any atom is -0.465 e. The van der Waals surface area contributed by atoms with Gasteiger partial charge in [0.15, 0.2) is 5.92 Å². The molecule has 0 aliphatic carbocycles. The SMILES string of the molecule is CCCC(C(=O)OCC)C(=O)OCC.[MgH2]. The predicted octanol–water partition coefficient (Wildman–Crippen LogP) is 0.613. The Morgan fingerprint density at radius 1 is 1.00 bits per heavy atom. The van der Waals surface area contributed by atoms with Gasteiger partial charge in [-0.2, -0.15) is 0 Å². The van der Waals surface area contributed by atoms with Gasteiger partial charge in [0, 0.05) is 0 Å². The molecule has 4 nitrogen and oxygen atoms in total. The standard InChI is InChI=1S/C10H18O4.Mg.2H/c1-4-7-8(9(11)13-5-2)10(12)14-6-3;;;/h8H,4-7H2,1-3H3;;;. The van der Waals surface area contributed by atoms with Gasteiger partial charge in [0.2, 0.25) is 0 Å². The average Bonchev–Trinajstić information content (AvgIpc) is 2.14. The molecule has 0 rings (SSSR count). The van der Waals surface area contributed by atoms with Gasteiger partial charge in [-0.15, -0.1) is 0 Å². The Morgan fingerprint density at radius 2 is 1.40 bits per heavy atom. The van der Waals surface area contributed by atoms with Crippen LogP contribution in [0.4, 0.5) is 0 Å². The first kappa shape index (κ1) is 17.1. The van der Waals surface area contributed by atoms with Crippen molar-refractivity contribution in [3.8, 4) is 0 Å². The van der Waals surface area contributed by atoms with Crippen LogP contribution in [0.25, 0.3) is 0 Å². The number of hydrogen-bond donors (Lipinski definition) is 0. The Labute approximate surface area is 107 Å². The molecule has 0 radical (unpaired) electrons. The highest BCUT2D eigenvalue weighted by molar-refractivity contribution is 5.94. The van der Waals surface area contributed by atoms with Gasteiger partial charge < -0.3 is 9.47 Å². The maximum absolute atomic E-state index is 11.3. The van der Waals surface area contributed by atoms with Crippen molar-refractivity contribution in [3.05, 3.63) is 0 Å². The summed E-state index contributed by atoms with van der Waals surface area (Å²) in [5.74, 6) is -1.71. The highest BCUT2D eigenvalue weighted by Gasteiger charge is 2.28. The van der Waals surface area contributed by atoms with Gasteiger partial charge in [-0.3, -0.25) is 9.59 Å². The van der Waals surface area contributed by atoms with Crippen LogP contribution >= 0.6 is 0 Å². The number of hydrogen-bond acceptors (Lipinski definition) is 4. The van der Waals surface area contributed by atoms with Gasteiger partial charge in [-0.05, 0) is 20.3 Å². The summed E-state index contributed by atoms with van der Waals surface area (Å²) in [4.78, 5) is 22.7. The molecule has 0 spiro atoms. The van der Waals surface area contributed by atoms with E-state index >= 15 is 0 Å². The lowest BCUT2D eigenvalue weighted by Gasteiger charge is -2.12. The Balaban J connectivity index is 0. The summed E-state index contributed by atoms with van der Waals surface area (Å²) in [5, 5.41) is 0. The third kappa shape index (κ3) is 6.73. The molecule has 0 saturated heterocycles. The van der Waals surface area contributed by atoms with E-state index < -0.39 is 17.9 Å². The summed E-state index contributed by atoms with van der Waals surface area (Å²) in [6.45, 7) is 5.92. The van der Waals surface area contributed by atoms with Crippen molar-refractivity contribution in [1.29, 1.82) is 0 Å². The van der Waals surface area contributed by atoms with Crippen LogP contribution < -0.4 is 0 Å². The number of ether oxygens (including phenoxy) is 2. The van der Waals surface area contributed by atoms with Gasteiger partial charge in [-0.1, -0.05) is 13.3 Å². The fourth-order valence-electron chi connectivity index (χ4n) is 1.11. The first-order chi connectivity index (χ1) is 6.67. The van der Waals surface area contributed by atoms with E-state index in [4.69, 9.17) is 9.47 Å². The third-order valence-electron chi connectivity index (χ3n) is 1.72. The lowest BCUT2D eigenvalue weighted by Crippen LogP contribution is -2.27. The van der Waals surface area contributed by atoms with Crippen molar-refractivity contribution in [2.75, 3.05) is 13.2 Å². The molecule has 0 fully saturated rings. The number of rotatable bonds is 6. The Morgan fingerprint density at radius 3 is 1.67 bits per heavy atom. The van der Waals surface area contributed by atoms with Gasteiger partial charge >= 0.3 is 35.0 Å². The number of carbonyl (C=O) groups is 2. The second kappa shape index (κ2) is 10.2. The van der Waals surface area contributed by atoms with Crippen LogP contribution in [-0.2, 0) is 19.1 Å². The molecule has 15 heavy (non-hydrogen) atoms. The number of esters is 2. The van der Waals surface area contributed by atoms with Gasteiger partial charge in [0.25, 0.3) is 0 Å². The van der Waals surface area contributed by atoms with Crippen LogP contribution in [0.3, 0.4) is 0 Å². The minimum absolute atomic E-state index is 0. The van der Waals surface area contributed by atoms with Crippen molar-refractivity contribution in [2.45, 2.75) is 33.6 Å². The first-order valence-electron chi connectivity index (χ1n) is 5.00. The van der Waals surface area contributed by atoms with Crippen molar-refractivity contribution >= 4 is 35.0 Å². The summed E-state index contributed by atoms with van der Waals surface area (Å²) in [5.41, 5.74) is 0. The van der Waals surface area contributed by atoms with Gasteiger partial charge in [0.1, 0.15) is 0 Å². The molecule has 0 aliphatic heterocycles. The van der Waals surface area contributed by atoms with E-state index in [9.17, 15) is 9.59 Å². The fourth-order valence-corrected chi connectivity index (χ4v) is 1.11. The lowest BCUT2D eigenvalue weighted by atomic mass is 10.0. The quantitative estimate of drug-likeness (QED) is 0.380. The van der Waals surface area contributed by atoms with E-state index in [-0.39, 0.29) is 23.1 Å². The van der Waals surface area contributed by atoms with E-state index in [1.807, 2.05) is 6.92 Å². The van der Waals surface area contributed by atoms with Crippen LogP contribution in [0.5, 0.6) is 0 Å². The maximum atomic E-state index is 11.3. The molecule has 0 N–H and O–H groups in total. The smallest absolute Gasteiger partial charge is 0.320 e. The van der Waals surface area contributed by atoms with E-state index in [2.05, 4.69) is 0 Å². The van der Waals surface area contributed by atoms with Crippen molar-refractivity contribution in [3.63, 3.8) is 0 Å². The highest BCUT2D eigenvalue weighted by atomic mass is 24.3. The zero-order chi connectivity index (χ0) is 11.0. The Bertz CT molecular complexity index is 176. The first-order valence-corrected chi connectivity index (χ1v) is 5.00. The lowest BCUT2D eigenvalue weighted by molar-refractivity contribution is -0.161. The molecule has 0 bridgehead atoms. The fraction of sp³-hybridized carbons (Fsp3) is 0.800. The zero-order valence-electron chi connectivity index (χ0n) is 9.04. The molecule has 0 aromatic rings. The van der Waals surface area contributed by atoms with Crippen molar-refractivity contribution in [2.24, 2.45) is 5.92 Å². The molecule has 0 aliphatic rings. The van der Waals surface area contributed by atoms with Crippen LogP contribution in [-0.4, -0.2) is 48.2 Å². The van der Waals surface area contributed by atoms with E-state index in [1.165, 1.54) is 0 Å². The van der Waals surface area contributed by atoms with Crippen LogP contribution in [0.15, 0.2) is 0 Å². The average molecular weight is 229 g/mol. The molecular weight excluding hydrogens is 208 g/mol. The second-order valence-electron chi connectivity index (χ2n) is 2.85. The molecule has 0 saturated carbocycles. The van der Waals surface area contributed by atoms with E-state index in [1.54, 1.807) is 13.8 Å². The van der Waals surface area contributed by atoms with Crippen LogP contribution in [0.2, 0.25) is 0 Å². The highest BCUT2D eigenvalue weighted by Crippen LogP contribution is 2.11. The molecule has 86 valence electrons.